The molecule has 27 heavy (non-hydrogen) atoms. The molecule has 0 aliphatic rings. The third-order valence-corrected chi connectivity index (χ3v) is 4.58. The highest BCUT2D eigenvalue weighted by Gasteiger charge is 2.19. The number of hydrogen-bond acceptors (Lipinski definition) is 4. The van der Waals surface area contributed by atoms with E-state index in [0.717, 1.165) is 4.47 Å². The van der Waals surface area contributed by atoms with E-state index >= 15 is 0 Å². The summed E-state index contributed by atoms with van der Waals surface area (Å²) in [6.45, 7) is 3.47. The number of ether oxygens (including phenoxy) is 1. The van der Waals surface area contributed by atoms with E-state index in [9.17, 15) is 4.79 Å². The van der Waals surface area contributed by atoms with Crippen LogP contribution in [0.25, 0.3) is 5.82 Å². The summed E-state index contributed by atoms with van der Waals surface area (Å²) in [5, 5.41) is 7.87. The highest BCUT2D eigenvalue weighted by Crippen LogP contribution is 2.25. The zero-order valence-corrected chi connectivity index (χ0v) is 17.5. The van der Waals surface area contributed by atoms with Crippen LogP contribution in [0.3, 0.4) is 0 Å². The van der Waals surface area contributed by atoms with Crippen molar-refractivity contribution in [2.75, 3.05) is 5.32 Å². The van der Waals surface area contributed by atoms with Crippen LogP contribution in [-0.2, 0) is 4.79 Å². The molecule has 0 spiro atoms. The highest BCUT2D eigenvalue weighted by molar-refractivity contribution is 9.10. The molecule has 1 aromatic carbocycles. The number of nitrogens with zero attached hydrogens (tertiary/aromatic N) is 3. The average Bonchev–Trinajstić information content (AvgIpc) is 2.97. The van der Waals surface area contributed by atoms with Crippen LogP contribution < -0.4 is 10.1 Å². The van der Waals surface area contributed by atoms with Crippen molar-refractivity contribution in [2.24, 2.45) is 0 Å². The molecule has 0 fully saturated rings. The first-order valence-electron chi connectivity index (χ1n) is 7.94. The van der Waals surface area contributed by atoms with Gasteiger partial charge in [-0.25, -0.2) is 4.98 Å². The predicted octanol–water partition coefficient (Wildman–Crippen LogP) is 5.05. The van der Waals surface area contributed by atoms with Crippen LogP contribution in [0.1, 0.15) is 12.6 Å². The van der Waals surface area contributed by atoms with Crippen LogP contribution in [0.15, 0.2) is 47.1 Å². The summed E-state index contributed by atoms with van der Waals surface area (Å²) in [4.78, 5) is 16.8. The Kier molecular flexibility index (Phi) is 6.04. The number of aromatic nitrogens is 3. The fourth-order valence-corrected chi connectivity index (χ4v) is 3.04. The molecule has 0 aliphatic heterocycles. The van der Waals surface area contributed by atoms with Crippen LogP contribution in [0, 0.1) is 6.92 Å². The Labute approximate surface area is 174 Å². The number of hydrogen-bond donors (Lipinski definition) is 1. The van der Waals surface area contributed by atoms with Gasteiger partial charge < -0.3 is 10.1 Å². The van der Waals surface area contributed by atoms with Gasteiger partial charge in [0.1, 0.15) is 11.6 Å². The molecule has 0 radical (unpaired) electrons. The third kappa shape index (κ3) is 4.80. The van der Waals surface area contributed by atoms with Gasteiger partial charge in [0.25, 0.3) is 5.91 Å². The molecule has 1 N–H and O–H groups in total. The SMILES string of the molecule is Cc1cc(NC(=O)C(C)Oc2ccc(Br)cc2)n(-c2ncc(Cl)cc2Cl)n1. The molecule has 9 heteroatoms. The van der Waals surface area contributed by atoms with E-state index in [-0.39, 0.29) is 5.91 Å². The van der Waals surface area contributed by atoms with Crippen LogP contribution >= 0.6 is 39.1 Å². The summed E-state index contributed by atoms with van der Waals surface area (Å²) in [6, 6.07) is 10.5. The summed E-state index contributed by atoms with van der Waals surface area (Å²) >= 11 is 15.5. The number of amides is 1. The van der Waals surface area contributed by atoms with E-state index in [1.807, 2.05) is 12.1 Å². The maximum Gasteiger partial charge on any atom is 0.266 e. The Balaban J connectivity index is 1.79. The Hall–Kier alpha value is -2.09. The summed E-state index contributed by atoms with van der Waals surface area (Å²) in [5.74, 6) is 1.06. The average molecular weight is 470 g/mol. The first kappa shape index (κ1) is 19.7. The third-order valence-electron chi connectivity index (χ3n) is 3.57. The highest BCUT2D eigenvalue weighted by atomic mass is 79.9. The first-order chi connectivity index (χ1) is 12.8. The quantitative estimate of drug-likeness (QED) is 0.567. The minimum absolute atomic E-state index is 0.320. The molecule has 2 heterocycles. The number of aryl methyl sites for hydroxylation is 1. The number of carbonyl (C=O) groups excluding carboxylic acids is 1. The molecule has 3 aromatic rings. The maximum absolute atomic E-state index is 12.6. The van der Waals surface area contributed by atoms with Crippen molar-refractivity contribution in [2.45, 2.75) is 20.0 Å². The van der Waals surface area contributed by atoms with E-state index in [1.165, 1.54) is 10.9 Å². The molecule has 0 saturated heterocycles. The summed E-state index contributed by atoms with van der Waals surface area (Å²) in [6.07, 6.45) is 0.744. The lowest BCUT2D eigenvalue weighted by Crippen LogP contribution is -2.31. The molecule has 0 aliphatic carbocycles. The van der Waals surface area contributed by atoms with Gasteiger partial charge in [0.15, 0.2) is 11.9 Å². The van der Waals surface area contributed by atoms with Crippen molar-refractivity contribution in [3.8, 4) is 11.6 Å². The smallest absolute Gasteiger partial charge is 0.266 e. The van der Waals surface area contributed by atoms with E-state index in [0.29, 0.717) is 33.1 Å². The van der Waals surface area contributed by atoms with E-state index in [4.69, 9.17) is 27.9 Å². The van der Waals surface area contributed by atoms with Gasteiger partial charge in [0.2, 0.25) is 0 Å². The second-order valence-electron chi connectivity index (χ2n) is 5.74. The number of halogens is 3. The first-order valence-corrected chi connectivity index (χ1v) is 9.49. The van der Waals surface area contributed by atoms with E-state index < -0.39 is 6.10 Å². The van der Waals surface area contributed by atoms with Crippen molar-refractivity contribution in [3.05, 3.63) is 62.8 Å². The number of pyridine rings is 1. The number of anilines is 1. The lowest BCUT2D eigenvalue weighted by molar-refractivity contribution is -0.122. The Morgan fingerprint density at radius 3 is 2.63 bits per heavy atom. The van der Waals surface area contributed by atoms with Gasteiger partial charge in [-0.2, -0.15) is 9.78 Å². The molecule has 6 nitrogen and oxygen atoms in total. The summed E-state index contributed by atoms with van der Waals surface area (Å²) < 4.78 is 8.06. The van der Waals surface area contributed by atoms with E-state index in [1.54, 1.807) is 38.1 Å². The molecule has 1 unspecified atom stereocenters. The molecule has 0 saturated carbocycles. The van der Waals surface area contributed by atoms with Crippen molar-refractivity contribution in [1.82, 2.24) is 14.8 Å². The Bertz CT molecular complexity index is 976. The molecule has 3 rings (SSSR count). The largest absolute Gasteiger partial charge is 0.481 e. The normalized spacial score (nSPS) is 11.9. The summed E-state index contributed by atoms with van der Waals surface area (Å²) in [7, 11) is 0. The zero-order chi connectivity index (χ0) is 19.6. The molecule has 1 atom stereocenters. The minimum atomic E-state index is -0.719. The van der Waals surface area contributed by atoms with Crippen molar-refractivity contribution in [3.63, 3.8) is 0 Å². The van der Waals surface area contributed by atoms with Gasteiger partial charge in [-0.1, -0.05) is 39.1 Å². The second-order valence-corrected chi connectivity index (χ2v) is 7.50. The van der Waals surface area contributed by atoms with Crippen LogP contribution in [0.4, 0.5) is 5.82 Å². The van der Waals surface area contributed by atoms with Gasteiger partial charge in [-0.3, -0.25) is 4.79 Å². The van der Waals surface area contributed by atoms with Crippen molar-refractivity contribution >= 4 is 50.9 Å². The fourth-order valence-electron chi connectivity index (χ4n) is 2.31. The Morgan fingerprint density at radius 2 is 1.96 bits per heavy atom. The molecule has 140 valence electrons. The van der Waals surface area contributed by atoms with Crippen molar-refractivity contribution in [1.29, 1.82) is 0 Å². The second kappa shape index (κ2) is 8.29. The molecule has 2 aromatic heterocycles. The maximum atomic E-state index is 12.6. The number of benzene rings is 1. The standard InChI is InChI=1S/C18H15BrCl2N4O2/c1-10-7-16(25(24-10)17-15(21)8-13(20)9-22-17)23-18(26)11(2)27-14-5-3-12(19)4-6-14/h3-9,11H,1-2H3,(H,23,26). The summed E-state index contributed by atoms with van der Waals surface area (Å²) in [5.41, 5.74) is 0.694. The van der Waals surface area contributed by atoms with Gasteiger partial charge in [-0.15, -0.1) is 0 Å². The number of nitrogens with one attached hydrogen (secondary N) is 1. The topological polar surface area (TPSA) is 69.0 Å². The van der Waals surface area contributed by atoms with E-state index in [2.05, 4.69) is 31.3 Å². The van der Waals surface area contributed by atoms with Crippen LogP contribution in [0.2, 0.25) is 10.0 Å². The number of rotatable bonds is 5. The van der Waals surface area contributed by atoms with Crippen LogP contribution in [0.5, 0.6) is 5.75 Å². The van der Waals surface area contributed by atoms with Crippen molar-refractivity contribution < 1.29 is 9.53 Å². The fraction of sp³-hybridized carbons (Fsp3) is 0.167. The lowest BCUT2D eigenvalue weighted by Gasteiger charge is -2.15. The van der Waals surface area contributed by atoms with Crippen LogP contribution in [-0.4, -0.2) is 26.8 Å². The van der Waals surface area contributed by atoms with Gasteiger partial charge in [0.05, 0.1) is 15.7 Å². The minimum Gasteiger partial charge on any atom is -0.481 e. The number of carbonyl (C=O) groups is 1. The molecular formula is C18H15BrCl2N4O2. The zero-order valence-electron chi connectivity index (χ0n) is 14.4. The molecular weight excluding hydrogens is 455 g/mol. The lowest BCUT2D eigenvalue weighted by atomic mass is 10.3. The van der Waals surface area contributed by atoms with Gasteiger partial charge in [0, 0.05) is 16.7 Å². The molecule has 0 bridgehead atoms. The monoisotopic (exact) mass is 468 g/mol. The molecule has 1 amide bonds. The van der Waals surface area contributed by atoms with Gasteiger partial charge in [-0.05, 0) is 44.2 Å². The van der Waals surface area contributed by atoms with Gasteiger partial charge >= 0.3 is 0 Å². The predicted molar refractivity (Wildman–Crippen MR) is 109 cm³/mol. The Morgan fingerprint density at radius 1 is 1.26 bits per heavy atom.